The Labute approximate surface area is 66.0 Å². The zero-order valence-corrected chi connectivity index (χ0v) is 7.04. The number of hydrogen-bond acceptors (Lipinski definition) is 2. The first-order chi connectivity index (χ1) is 1.00. The monoisotopic (exact) mass is 122 g/mol. The van der Waals surface area contributed by atoms with Gasteiger partial charge in [-0.15, -0.1) is 0 Å². The van der Waals surface area contributed by atoms with Crippen LogP contribution in [-0.2, 0) is 23.7 Å². The second kappa shape index (κ2) is 22.0. The van der Waals surface area contributed by atoms with Crippen LogP contribution in [0.2, 0.25) is 0 Å². The third kappa shape index (κ3) is 9.28. The second-order valence-corrected chi connectivity index (χ2v) is 0. The van der Waals surface area contributed by atoms with Gasteiger partial charge in [0.05, 0.1) is 0 Å². The summed E-state index contributed by atoms with van der Waals surface area (Å²) in [5.74, 6) is 0. The molecule has 20 valence electrons. The van der Waals surface area contributed by atoms with E-state index < -0.39 is 0 Å². The van der Waals surface area contributed by atoms with Crippen molar-refractivity contribution in [3.05, 3.63) is 0 Å². The summed E-state index contributed by atoms with van der Waals surface area (Å²) in [6.45, 7) is 0. The maximum absolute atomic E-state index is 8.25. The molecular weight excluding hydrogens is 120 g/mol. The molecule has 0 amide bonds. The molecule has 0 rings (SSSR count). The van der Waals surface area contributed by atoms with Crippen molar-refractivity contribution < 1.29 is 29.2 Å². The summed E-state index contributed by atoms with van der Waals surface area (Å²) in [5.41, 5.74) is 0. The van der Waals surface area contributed by atoms with Gasteiger partial charge in [0.15, 0.2) is 0 Å². The first-order valence-corrected chi connectivity index (χ1v) is 0.842. The van der Waals surface area contributed by atoms with Crippen LogP contribution >= 0.6 is 0 Å². The zero-order valence-electron chi connectivity index (χ0n) is 2.36. The summed E-state index contributed by atoms with van der Waals surface area (Å²) in [4.78, 5) is 0. The van der Waals surface area contributed by atoms with Crippen LogP contribution in [0.15, 0.2) is 0 Å². The Morgan fingerprint density at radius 3 is 1.25 bits per heavy atom. The van der Waals surface area contributed by atoms with Crippen LogP contribution in [-0.4, -0.2) is 43.2 Å². The summed E-state index contributed by atoms with van der Waals surface area (Å²) < 4.78 is 8.25. The van der Waals surface area contributed by atoms with E-state index in [4.69, 9.17) is 3.32 Å². The molecule has 0 atom stereocenters. The Balaban J connectivity index is -0.00000000500. The third-order valence-electron chi connectivity index (χ3n) is 0. The van der Waals surface area contributed by atoms with Crippen LogP contribution in [0, 0.1) is 0 Å². The molecule has 0 aliphatic heterocycles. The third-order valence-corrected chi connectivity index (χ3v) is 0. The summed E-state index contributed by atoms with van der Waals surface area (Å²) in [6, 6.07) is 0. The Morgan fingerprint density at radius 2 is 1.25 bits per heavy atom. The summed E-state index contributed by atoms with van der Waals surface area (Å²) in [7, 11) is 0. The van der Waals surface area contributed by atoms with E-state index in [2.05, 4.69) is 0 Å². The normalized spacial score (nSPS) is 0.750. The Morgan fingerprint density at radius 1 is 1.25 bits per heavy atom. The van der Waals surface area contributed by atoms with Crippen LogP contribution in [0.5, 0.6) is 0 Å². The van der Waals surface area contributed by atoms with Gasteiger partial charge in [0.2, 0.25) is 0 Å². The van der Waals surface area contributed by atoms with Gasteiger partial charge in [0.25, 0.3) is 0 Å². The molecule has 4 heavy (non-hydrogen) atoms. The van der Waals surface area contributed by atoms with E-state index in [1.165, 1.54) is 0 Å². The van der Waals surface area contributed by atoms with Crippen molar-refractivity contribution in [3.63, 3.8) is 0 Å². The summed E-state index contributed by atoms with van der Waals surface area (Å²) in [5, 5.41) is 0. The molecule has 0 fully saturated rings. The molecule has 0 bridgehead atoms. The van der Waals surface area contributed by atoms with Gasteiger partial charge in [-0.2, -0.15) is 0 Å². The van der Waals surface area contributed by atoms with Crippen molar-refractivity contribution in [2.45, 2.75) is 0 Å². The van der Waals surface area contributed by atoms with E-state index in [0.717, 1.165) is 20.4 Å². The van der Waals surface area contributed by atoms with Crippen molar-refractivity contribution in [2.24, 2.45) is 0 Å². The fraction of sp³-hybridized carbons (Fsp3) is 0. The van der Waals surface area contributed by atoms with E-state index in [1.807, 2.05) is 0 Å². The predicted molar refractivity (Wildman–Crippen MR) is 9.77 cm³/mol. The average Bonchev–Trinajstić information content (AvgIpc) is 1.00. The molecule has 0 aromatic heterocycles. The summed E-state index contributed by atoms with van der Waals surface area (Å²) >= 11 is 0.750. The molecule has 2 nitrogen and oxygen atoms in total. The first-order valence-electron chi connectivity index (χ1n) is 0.204. The minimum absolute atomic E-state index is 0. The first kappa shape index (κ1) is 17.2. The topological polar surface area (TPSA) is 47.1 Å². The van der Waals surface area contributed by atoms with Gasteiger partial charge in [-0.25, -0.2) is 0 Å². The second-order valence-electron chi connectivity index (χ2n) is 0. The van der Waals surface area contributed by atoms with Gasteiger partial charge in [0.1, 0.15) is 0 Å². The van der Waals surface area contributed by atoms with Crippen LogP contribution < -0.4 is 0 Å². The van der Waals surface area contributed by atoms with Crippen LogP contribution in [0.4, 0.5) is 0 Å². The fourth-order valence-electron chi connectivity index (χ4n) is 0. The van der Waals surface area contributed by atoms with Crippen molar-refractivity contribution >= 4 is 37.7 Å². The average molecular weight is 122 g/mol. The SMILES string of the molecule is [CaH+].[OH-].[O]=[Ti]. The molecular formula is H2CaO2Ti. The maximum atomic E-state index is 8.25. The van der Waals surface area contributed by atoms with Crippen LogP contribution in [0.3, 0.4) is 0 Å². The van der Waals surface area contributed by atoms with Crippen molar-refractivity contribution in [1.29, 1.82) is 0 Å². The predicted octanol–water partition coefficient (Wildman–Crippen LogP) is -0.947. The van der Waals surface area contributed by atoms with Gasteiger partial charge in [-0.1, -0.05) is 0 Å². The van der Waals surface area contributed by atoms with Gasteiger partial charge in [-0.05, 0) is 0 Å². The molecule has 4 heteroatoms. The molecule has 0 unspecified atom stereocenters. The molecule has 0 saturated carbocycles. The zero-order chi connectivity index (χ0) is 2.00. The number of hydrogen-bond donors (Lipinski definition) is 0. The van der Waals surface area contributed by atoms with Gasteiger partial charge in [0, 0.05) is 0 Å². The molecule has 0 aliphatic rings. The molecule has 0 aromatic rings. The molecule has 0 saturated heterocycles. The van der Waals surface area contributed by atoms with Crippen LogP contribution in [0.1, 0.15) is 0 Å². The van der Waals surface area contributed by atoms with Crippen LogP contribution in [0.25, 0.3) is 0 Å². The Kier molecular flexibility index (Phi) is 94.3. The number of rotatable bonds is 0. The Bertz CT molecular complexity index is 6.00. The van der Waals surface area contributed by atoms with Crippen molar-refractivity contribution in [1.82, 2.24) is 0 Å². The van der Waals surface area contributed by atoms with E-state index in [-0.39, 0.29) is 43.2 Å². The van der Waals surface area contributed by atoms with Gasteiger partial charge in [-0.3, -0.25) is 0 Å². The van der Waals surface area contributed by atoms with Crippen molar-refractivity contribution in [2.75, 3.05) is 0 Å². The molecule has 0 aliphatic carbocycles. The fourth-order valence-corrected chi connectivity index (χ4v) is 0. The van der Waals surface area contributed by atoms with Crippen molar-refractivity contribution in [3.8, 4) is 0 Å². The van der Waals surface area contributed by atoms with Gasteiger partial charge >= 0.3 is 61.5 Å². The Hall–Kier alpha value is 1.73. The molecule has 0 heterocycles. The van der Waals surface area contributed by atoms with E-state index >= 15 is 0 Å². The summed E-state index contributed by atoms with van der Waals surface area (Å²) in [6.07, 6.45) is 0. The molecule has 0 spiro atoms. The standard InChI is InChI=1S/Ca.H2O.O.Ti.H/h;1H2;;;/q+1;;;;/p-1. The minimum atomic E-state index is 0. The molecule has 1 N–H and O–H groups in total. The van der Waals surface area contributed by atoms with E-state index in [1.54, 1.807) is 0 Å². The quantitative estimate of drug-likeness (QED) is 0.389. The molecule has 0 radical (unpaired) electrons. The van der Waals surface area contributed by atoms with Gasteiger partial charge < -0.3 is 5.48 Å². The van der Waals surface area contributed by atoms with E-state index in [9.17, 15) is 0 Å². The van der Waals surface area contributed by atoms with E-state index in [0.29, 0.717) is 0 Å². The molecule has 0 aromatic carbocycles.